The van der Waals surface area contributed by atoms with Crippen molar-refractivity contribution < 1.29 is 14.3 Å². The summed E-state index contributed by atoms with van der Waals surface area (Å²) in [6, 6.07) is 6.81. The Labute approximate surface area is 107 Å². The first-order valence-corrected chi connectivity index (χ1v) is 5.61. The minimum absolute atomic E-state index is 0.00387. The number of ether oxygens (including phenoxy) is 1. The van der Waals surface area contributed by atoms with Crippen LogP contribution in [-0.4, -0.2) is 11.8 Å². The zero-order chi connectivity index (χ0) is 13.7. The fourth-order valence-corrected chi connectivity index (χ4v) is 1.47. The van der Waals surface area contributed by atoms with Crippen LogP contribution in [0.2, 0.25) is 0 Å². The predicted octanol–water partition coefficient (Wildman–Crippen LogP) is 3.16. The molecule has 0 atom stereocenters. The number of hydrogen-bond acceptors (Lipinski definition) is 3. The lowest BCUT2D eigenvalue weighted by Crippen LogP contribution is -2.08. The van der Waals surface area contributed by atoms with E-state index in [1.54, 1.807) is 37.3 Å². The predicted molar refractivity (Wildman–Crippen MR) is 71.2 cm³/mol. The van der Waals surface area contributed by atoms with Gasteiger partial charge < -0.3 is 4.74 Å². The first kappa shape index (κ1) is 13.9. The molecule has 0 unspecified atom stereocenters. The van der Waals surface area contributed by atoms with Crippen molar-refractivity contribution in [3.05, 3.63) is 48.1 Å². The number of Topliss-reactive ketones (excluding diaryl/α,β-unsaturated/α-hetero) is 1. The van der Waals surface area contributed by atoms with Gasteiger partial charge in [-0.2, -0.15) is 0 Å². The maximum absolute atomic E-state index is 11.4. The van der Waals surface area contributed by atoms with E-state index in [0.717, 1.165) is 5.56 Å². The molecule has 3 heteroatoms. The quantitative estimate of drug-likeness (QED) is 0.464. The molecule has 1 aromatic rings. The molecule has 0 saturated heterocycles. The van der Waals surface area contributed by atoms with E-state index in [2.05, 4.69) is 6.58 Å². The zero-order valence-corrected chi connectivity index (χ0v) is 10.8. The molecule has 0 fully saturated rings. The third-order valence-electron chi connectivity index (χ3n) is 2.39. The van der Waals surface area contributed by atoms with Crippen molar-refractivity contribution in [2.24, 2.45) is 0 Å². The third kappa shape index (κ3) is 3.42. The van der Waals surface area contributed by atoms with Crippen LogP contribution in [0.4, 0.5) is 0 Å². The lowest BCUT2D eigenvalue weighted by molar-refractivity contribution is -0.130. The molecule has 3 nitrogen and oxygen atoms in total. The Bertz CT molecular complexity index is 507. The van der Waals surface area contributed by atoms with Gasteiger partial charge in [0.15, 0.2) is 5.78 Å². The molecule has 0 aliphatic rings. The second-order valence-electron chi connectivity index (χ2n) is 3.95. The minimum Gasteiger partial charge on any atom is -0.423 e. The lowest BCUT2D eigenvalue weighted by Gasteiger charge is -2.06. The summed E-state index contributed by atoms with van der Waals surface area (Å²) in [5, 5.41) is 0. The van der Waals surface area contributed by atoms with Crippen molar-refractivity contribution >= 4 is 17.3 Å². The highest BCUT2D eigenvalue weighted by molar-refractivity contribution is 6.19. The number of ketones is 1. The number of carbonyl (C=O) groups excluding carboxylic acids is 2. The molecule has 0 aromatic heterocycles. The second-order valence-corrected chi connectivity index (χ2v) is 3.95. The van der Waals surface area contributed by atoms with Crippen molar-refractivity contribution in [3.63, 3.8) is 0 Å². The monoisotopic (exact) mass is 244 g/mol. The van der Waals surface area contributed by atoms with Crippen molar-refractivity contribution in [1.29, 1.82) is 0 Å². The highest BCUT2D eigenvalue weighted by Gasteiger charge is 2.08. The van der Waals surface area contributed by atoms with E-state index in [0.29, 0.717) is 16.9 Å². The first-order valence-electron chi connectivity index (χ1n) is 5.61. The summed E-state index contributed by atoms with van der Waals surface area (Å²) >= 11 is 0. The van der Waals surface area contributed by atoms with Gasteiger partial charge in [-0.15, -0.1) is 0 Å². The topological polar surface area (TPSA) is 43.4 Å². The molecule has 1 aromatic carbocycles. The van der Waals surface area contributed by atoms with E-state index in [9.17, 15) is 9.59 Å². The van der Waals surface area contributed by atoms with E-state index in [-0.39, 0.29) is 5.78 Å². The highest BCUT2D eigenvalue weighted by Crippen LogP contribution is 2.20. The first-order chi connectivity index (χ1) is 8.45. The molecule has 0 N–H and O–H groups in total. The Morgan fingerprint density at radius 2 is 1.72 bits per heavy atom. The summed E-state index contributed by atoms with van der Waals surface area (Å²) in [4.78, 5) is 22.7. The molecule has 0 spiro atoms. The molecular weight excluding hydrogens is 228 g/mol. The number of benzene rings is 1. The molecule has 0 saturated carbocycles. The average Bonchev–Trinajstić information content (AvgIpc) is 2.31. The van der Waals surface area contributed by atoms with Crippen LogP contribution in [0.5, 0.6) is 5.75 Å². The normalized spacial score (nSPS) is 10.9. The fourth-order valence-electron chi connectivity index (χ4n) is 1.47. The van der Waals surface area contributed by atoms with E-state index >= 15 is 0 Å². The van der Waals surface area contributed by atoms with Gasteiger partial charge in [0.25, 0.3) is 0 Å². The Kier molecular flexibility index (Phi) is 4.60. The van der Waals surface area contributed by atoms with Gasteiger partial charge in [-0.1, -0.05) is 24.8 Å². The van der Waals surface area contributed by atoms with Gasteiger partial charge in [-0.05, 0) is 38.5 Å². The summed E-state index contributed by atoms with van der Waals surface area (Å²) in [5.74, 6) is -0.0180. The van der Waals surface area contributed by atoms with E-state index in [1.807, 2.05) is 6.92 Å². The molecule has 0 bridgehead atoms. The van der Waals surface area contributed by atoms with Gasteiger partial charge in [0, 0.05) is 11.1 Å². The molecule has 18 heavy (non-hydrogen) atoms. The van der Waals surface area contributed by atoms with Gasteiger partial charge >= 0.3 is 5.97 Å². The van der Waals surface area contributed by atoms with Crippen LogP contribution in [0.15, 0.2) is 42.5 Å². The van der Waals surface area contributed by atoms with Crippen LogP contribution in [0.25, 0.3) is 5.57 Å². The van der Waals surface area contributed by atoms with E-state index < -0.39 is 5.97 Å². The third-order valence-corrected chi connectivity index (χ3v) is 2.39. The van der Waals surface area contributed by atoms with Crippen molar-refractivity contribution in [2.75, 3.05) is 0 Å². The van der Waals surface area contributed by atoms with Crippen LogP contribution in [0.1, 0.15) is 26.3 Å². The standard InChI is InChI=1S/C15H16O3/c1-5-14(11(4)16)12-6-8-13(9-7-12)18-15(17)10(2)3/h5-9H,2H2,1,3-4H3/b14-5+. The molecule has 0 aliphatic carbocycles. The van der Waals surface area contributed by atoms with Crippen LogP contribution in [0, 0.1) is 0 Å². The molecule has 0 radical (unpaired) electrons. The SMILES string of the molecule is C=C(C)C(=O)Oc1ccc(/C(=C/C)C(C)=O)cc1. The second kappa shape index (κ2) is 5.96. The number of rotatable bonds is 4. The van der Waals surface area contributed by atoms with Gasteiger partial charge in [-0.3, -0.25) is 4.79 Å². The van der Waals surface area contributed by atoms with E-state index in [4.69, 9.17) is 4.74 Å². The number of hydrogen-bond donors (Lipinski definition) is 0. The molecule has 1 rings (SSSR count). The minimum atomic E-state index is -0.458. The Morgan fingerprint density at radius 3 is 2.11 bits per heavy atom. The fraction of sp³-hybridized carbons (Fsp3) is 0.200. The summed E-state index contributed by atoms with van der Waals surface area (Å²) in [6.07, 6.45) is 1.76. The molecule has 0 aliphatic heterocycles. The van der Waals surface area contributed by atoms with Gasteiger partial charge in [0.05, 0.1) is 0 Å². The Hall–Kier alpha value is -2.16. The van der Waals surface area contributed by atoms with Crippen molar-refractivity contribution in [1.82, 2.24) is 0 Å². The summed E-state index contributed by atoms with van der Waals surface area (Å²) < 4.78 is 5.06. The molecule has 0 amide bonds. The van der Waals surface area contributed by atoms with Crippen molar-refractivity contribution in [3.8, 4) is 5.75 Å². The smallest absolute Gasteiger partial charge is 0.338 e. The largest absolute Gasteiger partial charge is 0.423 e. The average molecular weight is 244 g/mol. The zero-order valence-electron chi connectivity index (χ0n) is 10.8. The van der Waals surface area contributed by atoms with Crippen LogP contribution < -0.4 is 4.74 Å². The van der Waals surface area contributed by atoms with Crippen LogP contribution >= 0.6 is 0 Å². The highest BCUT2D eigenvalue weighted by atomic mass is 16.5. The summed E-state index contributed by atoms with van der Waals surface area (Å²) in [6.45, 7) is 8.42. The van der Waals surface area contributed by atoms with Gasteiger partial charge in [-0.25, -0.2) is 4.79 Å². The Morgan fingerprint density at radius 1 is 1.17 bits per heavy atom. The lowest BCUT2D eigenvalue weighted by atomic mass is 10.0. The van der Waals surface area contributed by atoms with Gasteiger partial charge in [0.2, 0.25) is 0 Å². The number of allylic oxidation sites excluding steroid dienone is 2. The number of esters is 1. The van der Waals surface area contributed by atoms with Crippen LogP contribution in [-0.2, 0) is 9.59 Å². The molecule has 0 heterocycles. The summed E-state index contributed by atoms with van der Waals surface area (Å²) in [7, 11) is 0. The Balaban J connectivity index is 2.90. The maximum Gasteiger partial charge on any atom is 0.338 e. The number of carbonyl (C=O) groups is 2. The summed E-state index contributed by atoms with van der Waals surface area (Å²) in [5.41, 5.74) is 1.80. The van der Waals surface area contributed by atoms with Crippen molar-refractivity contribution in [2.45, 2.75) is 20.8 Å². The van der Waals surface area contributed by atoms with Gasteiger partial charge in [0.1, 0.15) is 5.75 Å². The molecule has 94 valence electrons. The van der Waals surface area contributed by atoms with Crippen LogP contribution in [0.3, 0.4) is 0 Å². The maximum atomic E-state index is 11.4. The van der Waals surface area contributed by atoms with E-state index in [1.165, 1.54) is 6.92 Å². The molecular formula is C15H16O3.